The van der Waals surface area contributed by atoms with E-state index in [4.69, 9.17) is 16.6 Å². The molecule has 2 saturated heterocycles. The van der Waals surface area contributed by atoms with E-state index in [1.807, 2.05) is 35.8 Å². The average molecular weight is 801 g/mol. The minimum Gasteiger partial charge on any atom is -0.376 e. The maximum Gasteiger partial charge on any atom is 0.257 e. The van der Waals surface area contributed by atoms with E-state index in [2.05, 4.69) is 40.1 Å². The Balaban J connectivity index is 0.901. The topological polar surface area (TPSA) is 198 Å². The van der Waals surface area contributed by atoms with Gasteiger partial charge in [0.1, 0.15) is 23.1 Å². The number of fused-ring (bicyclic) bond motifs is 4. The molecule has 292 valence electrons. The average Bonchev–Trinajstić information content (AvgIpc) is 3.75. The summed E-state index contributed by atoms with van der Waals surface area (Å²) in [6.45, 7) is 7.48. The molecule has 0 spiro atoms. The van der Waals surface area contributed by atoms with Gasteiger partial charge in [-0.3, -0.25) is 34.2 Å². The molecular formula is C38H41ClN10O6S. The largest absolute Gasteiger partial charge is 0.376 e. The van der Waals surface area contributed by atoms with E-state index in [1.54, 1.807) is 39.4 Å². The van der Waals surface area contributed by atoms with E-state index in [0.29, 0.717) is 54.1 Å². The molecule has 5 N–H and O–H groups in total. The van der Waals surface area contributed by atoms with Gasteiger partial charge in [-0.1, -0.05) is 29.8 Å². The number of thiophene rings is 1. The van der Waals surface area contributed by atoms with Gasteiger partial charge in [0.05, 0.1) is 24.7 Å². The number of hydrazine groups is 1. The van der Waals surface area contributed by atoms with E-state index >= 15 is 0 Å². The molecule has 4 aliphatic rings. The zero-order valence-corrected chi connectivity index (χ0v) is 32.5. The number of piperidine rings is 1. The number of aryl methyl sites for hydroxylation is 2. The van der Waals surface area contributed by atoms with Crippen LogP contribution in [0.15, 0.2) is 47.5 Å². The van der Waals surface area contributed by atoms with Gasteiger partial charge in [0.2, 0.25) is 17.7 Å². The first-order valence-electron chi connectivity index (χ1n) is 18.4. The molecule has 0 aliphatic carbocycles. The number of hydrogen-bond acceptors (Lipinski definition) is 12. The zero-order valence-electron chi connectivity index (χ0n) is 31.0. The number of aliphatic hydroxyl groups is 2. The summed E-state index contributed by atoms with van der Waals surface area (Å²) in [4.78, 5) is 61.2. The summed E-state index contributed by atoms with van der Waals surface area (Å²) < 4.78 is 2.00. The highest BCUT2D eigenvalue weighted by molar-refractivity contribution is 7.15. The molecular weight excluding hydrogens is 760 g/mol. The van der Waals surface area contributed by atoms with Crippen LogP contribution in [0.3, 0.4) is 0 Å². The first-order chi connectivity index (χ1) is 26.9. The standard InChI is InChI=1S/C38H41ClN10O6S/c1-19-20(2)56-38-31(19)33(22-7-9-23(39)10-8-22)41-26(34-44-43-21(3)48(34)38)17-29(51)45-47-15-13-46(14-16-47)30(52)18-40-25-6-4-5-24-32(25)37(55)49(36(24)54)27-11-12-28(50)42-35(27)53/h4-10,26-27,35,37,40,53,55H,11-18H2,1-3H3,(H,42,50)(H,45,51)/t26-,27?,35?,37?/m0/s1. The predicted octanol–water partition coefficient (Wildman–Crippen LogP) is 2.52. The SMILES string of the molecule is Cc1sc2c(c1C)C(c1ccc(Cl)cc1)=N[C@@H](CC(=O)NN1CCN(C(=O)CNc3cccc4c3C(O)N(C3CCC(=O)NC3O)C4=O)CC1)c1nnc(C)n1-2. The fourth-order valence-corrected chi connectivity index (χ4v) is 9.19. The Morgan fingerprint density at radius 2 is 1.77 bits per heavy atom. The first kappa shape index (κ1) is 37.7. The number of carbonyl (C=O) groups is 4. The lowest BCUT2D eigenvalue weighted by Gasteiger charge is -2.37. The molecule has 3 unspecified atom stereocenters. The van der Waals surface area contributed by atoms with Crippen LogP contribution in [0.5, 0.6) is 0 Å². The third kappa shape index (κ3) is 6.83. The summed E-state index contributed by atoms with van der Waals surface area (Å²) in [6, 6.07) is 11.0. The number of aromatic nitrogens is 3. The van der Waals surface area contributed by atoms with Crippen molar-refractivity contribution in [3.8, 4) is 5.00 Å². The van der Waals surface area contributed by atoms with Gasteiger partial charge in [0.25, 0.3) is 5.91 Å². The lowest BCUT2D eigenvalue weighted by molar-refractivity contribution is -0.133. The second kappa shape index (κ2) is 15.0. The number of aliphatic hydroxyl groups excluding tert-OH is 2. The van der Waals surface area contributed by atoms with Crippen LogP contribution >= 0.6 is 22.9 Å². The number of amides is 4. The van der Waals surface area contributed by atoms with Crippen molar-refractivity contribution in [2.45, 2.75) is 64.6 Å². The minimum absolute atomic E-state index is 0.0206. The van der Waals surface area contributed by atoms with Crippen molar-refractivity contribution in [2.75, 3.05) is 38.0 Å². The summed E-state index contributed by atoms with van der Waals surface area (Å²) >= 11 is 7.88. The van der Waals surface area contributed by atoms with Crippen LogP contribution in [0.2, 0.25) is 5.02 Å². The van der Waals surface area contributed by atoms with Gasteiger partial charge in [-0.15, -0.1) is 21.5 Å². The predicted molar refractivity (Wildman–Crippen MR) is 207 cm³/mol. The van der Waals surface area contributed by atoms with Crippen molar-refractivity contribution in [1.82, 2.24) is 40.3 Å². The molecule has 0 radical (unpaired) electrons. The molecule has 2 aromatic heterocycles. The number of nitrogens with one attached hydrogen (secondary N) is 3. The number of piperazine rings is 1. The van der Waals surface area contributed by atoms with Crippen molar-refractivity contribution in [3.05, 3.63) is 91.8 Å². The molecule has 8 rings (SSSR count). The molecule has 0 saturated carbocycles. The lowest BCUT2D eigenvalue weighted by atomic mass is 9.99. The van der Waals surface area contributed by atoms with Gasteiger partial charge in [-0.25, -0.2) is 5.01 Å². The monoisotopic (exact) mass is 800 g/mol. The highest BCUT2D eigenvalue weighted by Crippen LogP contribution is 2.41. The van der Waals surface area contributed by atoms with Gasteiger partial charge in [0.15, 0.2) is 12.1 Å². The molecule has 4 aromatic rings. The molecule has 2 aromatic carbocycles. The lowest BCUT2D eigenvalue weighted by Crippen LogP contribution is -2.56. The van der Waals surface area contributed by atoms with Crippen LogP contribution in [-0.2, 0) is 14.4 Å². The van der Waals surface area contributed by atoms with E-state index in [9.17, 15) is 29.4 Å². The van der Waals surface area contributed by atoms with Gasteiger partial charge >= 0.3 is 0 Å². The van der Waals surface area contributed by atoms with Crippen LogP contribution < -0.4 is 16.1 Å². The number of benzene rings is 2. The molecule has 56 heavy (non-hydrogen) atoms. The molecule has 4 aliphatic heterocycles. The van der Waals surface area contributed by atoms with Crippen LogP contribution in [0.1, 0.15) is 80.7 Å². The number of aliphatic imine (C=N–C) groups is 1. The van der Waals surface area contributed by atoms with Crippen LogP contribution in [0, 0.1) is 20.8 Å². The third-order valence-electron chi connectivity index (χ3n) is 10.9. The highest BCUT2D eigenvalue weighted by atomic mass is 35.5. The van der Waals surface area contributed by atoms with Crippen molar-refractivity contribution in [1.29, 1.82) is 0 Å². The van der Waals surface area contributed by atoms with E-state index < -0.39 is 30.4 Å². The maximum absolute atomic E-state index is 13.6. The number of anilines is 1. The van der Waals surface area contributed by atoms with Gasteiger partial charge in [-0.2, -0.15) is 0 Å². The van der Waals surface area contributed by atoms with E-state index in [1.165, 1.54) is 4.90 Å². The van der Waals surface area contributed by atoms with Crippen LogP contribution in [0.25, 0.3) is 5.00 Å². The summed E-state index contributed by atoms with van der Waals surface area (Å²) in [7, 11) is 0. The Labute approximate surface area is 331 Å². The molecule has 16 nitrogen and oxygen atoms in total. The molecule has 0 bridgehead atoms. The van der Waals surface area contributed by atoms with Crippen LogP contribution in [0.4, 0.5) is 5.69 Å². The smallest absolute Gasteiger partial charge is 0.257 e. The van der Waals surface area contributed by atoms with Crippen molar-refractivity contribution in [2.24, 2.45) is 4.99 Å². The summed E-state index contributed by atoms with van der Waals surface area (Å²) in [5.41, 5.74) is 7.73. The van der Waals surface area contributed by atoms with Gasteiger partial charge in [-0.05, 0) is 57.0 Å². The molecule has 2 fully saturated rings. The Morgan fingerprint density at radius 1 is 1.02 bits per heavy atom. The fourth-order valence-electron chi connectivity index (χ4n) is 7.85. The van der Waals surface area contributed by atoms with Gasteiger partial charge < -0.3 is 30.6 Å². The molecule has 4 atom stereocenters. The van der Waals surface area contributed by atoms with Crippen LogP contribution in [-0.4, -0.2) is 114 Å². The number of hydrogen-bond donors (Lipinski definition) is 5. The van der Waals surface area contributed by atoms with Gasteiger partial charge in [0, 0.05) is 70.4 Å². The number of carbonyl (C=O) groups excluding carboxylic acids is 4. The fraction of sp³-hybridized carbons (Fsp3) is 0.395. The van der Waals surface area contributed by atoms with Crippen molar-refractivity contribution < 1.29 is 29.4 Å². The Kier molecular flexibility index (Phi) is 10.1. The normalized spacial score (nSPS) is 22.1. The quantitative estimate of drug-likeness (QED) is 0.177. The van der Waals surface area contributed by atoms with Crippen molar-refractivity contribution >= 4 is 58.0 Å². The Bertz CT molecular complexity index is 2270. The number of rotatable bonds is 8. The second-order valence-corrected chi connectivity index (χ2v) is 16.0. The van der Waals surface area contributed by atoms with E-state index in [0.717, 1.165) is 32.3 Å². The Morgan fingerprint density at radius 3 is 2.50 bits per heavy atom. The van der Waals surface area contributed by atoms with Crippen molar-refractivity contribution in [3.63, 3.8) is 0 Å². The first-order valence-corrected chi connectivity index (χ1v) is 19.6. The molecule has 4 amide bonds. The summed E-state index contributed by atoms with van der Waals surface area (Å²) in [6.07, 6.45) is -2.33. The number of halogens is 1. The maximum atomic E-state index is 13.6. The number of nitrogens with zero attached hydrogens (tertiary/aromatic N) is 7. The molecule has 6 heterocycles. The zero-order chi connectivity index (χ0) is 39.4. The highest BCUT2D eigenvalue weighted by Gasteiger charge is 2.45. The summed E-state index contributed by atoms with van der Waals surface area (Å²) in [5.74, 6) is 0.0614. The molecule has 18 heteroatoms. The summed E-state index contributed by atoms with van der Waals surface area (Å²) in [5, 5.41) is 39.4. The minimum atomic E-state index is -1.37. The van der Waals surface area contributed by atoms with E-state index in [-0.39, 0.29) is 49.1 Å². The third-order valence-corrected chi connectivity index (χ3v) is 12.3. The Hall–Kier alpha value is -5.20. The second-order valence-electron chi connectivity index (χ2n) is 14.3.